The molecule has 0 atom stereocenters. The molecule has 21 heavy (non-hydrogen) atoms. The van der Waals surface area contributed by atoms with Crippen molar-refractivity contribution in [1.29, 1.82) is 0 Å². The summed E-state index contributed by atoms with van der Waals surface area (Å²) in [5.74, 6) is 0. The van der Waals surface area contributed by atoms with Crippen LogP contribution in [-0.2, 0) is 13.0 Å². The predicted molar refractivity (Wildman–Crippen MR) is 86.0 cm³/mol. The summed E-state index contributed by atoms with van der Waals surface area (Å²) in [7, 11) is 0. The summed E-state index contributed by atoms with van der Waals surface area (Å²) in [5.41, 5.74) is 8.11. The van der Waals surface area contributed by atoms with E-state index in [1.165, 1.54) is 33.5 Å². The average molecular weight is 272 g/mol. The van der Waals surface area contributed by atoms with E-state index >= 15 is 0 Å². The quantitative estimate of drug-likeness (QED) is 0.585. The summed E-state index contributed by atoms with van der Waals surface area (Å²) in [6.07, 6.45) is 3.31. The molecule has 3 aromatic rings. The second-order valence-electron chi connectivity index (χ2n) is 5.77. The SMILES string of the molecule is Cc1cc[n+]2c(c1)-c1ccc(-c3ccccc3)cc1CC2. The number of benzene rings is 2. The van der Waals surface area contributed by atoms with E-state index in [1.54, 1.807) is 0 Å². The third-order valence-electron chi connectivity index (χ3n) is 4.30. The second-order valence-corrected chi connectivity index (χ2v) is 5.77. The minimum atomic E-state index is 1.07. The molecule has 0 fully saturated rings. The fraction of sp³-hybridized carbons (Fsp3) is 0.150. The average Bonchev–Trinajstić information content (AvgIpc) is 2.55. The first-order chi connectivity index (χ1) is 10.3. The Morgan fingerprint density at radius 1 is 0.857 bits per heavy atom. The number of fused-ring (bicyclic) bond motifs is 3. The van der Waals surface area contributed by atoms with Crippen LogP contribution in [0, 0.1) is 6.92 Å². The number of nitrogens with zero attached hydrogens (tertiary/aromatic N) is 1. The minimum Gasteiger partial charge on any atom is -0.198 e. The molecule has 0 N–H and O–H groups in total. The molecule has 0 radical (unpaired) electrons. The smallest absolute Gasteiger partial charge is 0.198 e. The fourth-order valence-corrected chi connectivity index (χ4v) is 3.16. The first kappa shape index (κ1) is 12.3. The maximum atomic E-state index is 2.36. The van der Waals surface area contributed by atoms with Gasteiger partial charge in [0.15, 0.2) is 12.7 Å². The summed E-state index contributed by atoms with van der Waals surface area (Å²) in [6.45, 7) is 3.23. The summed E-state index contributed by atoms with van der Waals surface area (Å²) >= 11 is 0. The predicted octanol–water partition coefficient (Wildman–Crippen LogP) is 4.17. The molecule has 1 aliphatic rings. The molecule has 1 aliphatic heterocycles. The van der Waals surface area contributed by atoms with Crippen LogP contribution in [0.3, 0.4) is 0 Å². The molecular weight excluding hydrogens is 254 g/mol. The molecule has 2 aromatic carbocycles. The van der Waals surface area contributed by atoms with Gasteiger partial charge in [0.25, 0.3) is 0 Å². The van der Waals surface area contributed by atoms with Crippen LogP contribution in [-0.4, -0.2) is 0 Å². The van der Waals surface area contributed by atoms with Crippen molar-refractivity contribution in [2.45, 2.75) is 19.9 Å². The highest BCUT2D eigenvalue weighted by molar-refractivity contribution is 5.71. The molecule has 1 aromatic heterocycles. The van der Waals surface area contributed by atoms with Gasteiger partial charge in [0.1, 0.15) is 0 Å². The highest BCUT2D eigenvalue weighted by atomic mass is 15.0. The Kier molecular flexibility index (Phi) is 2.85. The van der Waals surface area contributed by atoms with Crippen LogP contribution in [0.2, 0.25) is 0 Å². The molecule has 4 rings (SSSR count). The van der Waals surface area contributed by atoms with Gasteiger partial charge in [-0.1, -0.05) is 42.5 Å². The van der Waals surface area contributed by atoms with Gasteiger partial charge in [-0.3, -0.25) is 0 Å². The van der Waals surface area contributed by atoms with Crippen LogP contribution in [0.4, 0.5) is 0 Å². The van der Waals surface area contributed by atoms with E-state index in [0.717, 1.165) is 13.0 Å². The highest BCUT2D eigenvalue weighted by Gasteiger charge is 2.22. The molecular formula is C20H18N+. The number of hydrogen-bond donors (Lipinski definition) is 0. The van der Waals surface area contributed by atoms with Gasteiger partial charge in [0.05, 0.1) is 0 Å². The second kappa shape index (κ2) is 4.85. The van der Waals surface area contributed by atoms with Crippen LogP contribution in [0.1, 0.15) is 11.1 Å². The van der Waals surface area contributed by atoms with Crippen LogP contribution < -0.4 is 4.57 Å². The lowest BCUT2D eigenvalue weighted by Gasteiger charge is -2.16. The molecule has 1 nitrogen and oxygen atoms in total. The van der Waals surface area contributed by atoms with Crippen molar-refractivity contribution >= 4 is 0 Å². The summed E-state index contributed by atoms with van der Waals surface area (Å²) in [5, 5.41) is 0. The lowest BCUT2D eigenvalue weighted by molar-refractivity contribution is -0.687. The van der Waals surface area contributed by atoms with Gasteiger partial charge in [-0.15, -0.1) is 0 Å². The Balaban J connectivity index is 1.85. The van der Waals surface area contributed by atoms with E-state index in [-0.39, 0.29) is 0 Å². The van der Waals surface area contributed by atoms with Crippen molar-refractivity contribution in [3.8, 4) is 22.4 Å². The van der Waals surface area contributed by atoms with Crippen molar-refractivity contribution in [3.05, 3.63) is 78.0 Å². The van der Waals surface area contributed by atoms with Gasteiger partial charge in [-0.25, -0.2) is 0 Å². The monoisotopic (exact) mass is 272 g/mol. The number of pyridine rings is 1. The molecule has 0 unspecified atom stereocenters. The molecule has 2 heterocycles. The minimum absolute atomic E-state index is 1.07. The third kappa shape index (κ3) is 2.15. The van der Waals surface area contributed by atoms with Crippen molar-refractivity contribution < 1.29 is 4.57 Å². The van der Waals surface area contributed by atoms with Crippen LogP contribution in [0.15, 0.2) is 66.9 Å². The normalized spacial score (nSPS) is 12.6. The zero-order chi connectivity index (χ0) is 14.2. The Labute approximate surface area is 125 Å². The number of hydrogen-bond acceptors (Lipinski definition) is 0. The molecule has 0 aliphatic carbocycles. The molecule has 0 amide bonds. The lowest BCUT2D eigenvalue weighted by Crippen LogP contribution is -2.39. The summed E-state index contributed by atoms with van der Waals surface area (Å²) in [6, 6.07) is 22.0. The van der Waals surface area contributed by atoms with Gasteiger partial charge in [0, 0.05) is 24.1 Å². The van der Waals surface area contributed by atoms with Crippen molar-refractivity contribution in [2.24, 2.45) is 0 Å². The Morgan fingerprint density at radius 3 is 2.57 bits per heavy atom. The Hall–Kier alpha value is -2.41. The van der Waals surface area contributed by atoms with E-state index < -0.39 is 0 Å². The van der Waals surface area contributed by atoms with Gasteiger partial charge in [0.2, 0.25) is 5.69 Å². The topological polar surface area (TPSA) is 3.88 Å². The van der Waals surface area contributed by atoms with E-state index in [1.807, 2.05) is 0 Å². The lowest BCUT2D eigenvalue weighted by atomic mass is 9.92. The van der Waals surface area contributed by atoms with E-state index in [0.29, 0.717) is 0 Å². The molecule has 0 saturated carbocycles. The zero-order valence-corrected chi connectivity index (χ0v) is 12.2. The van der Waals surface area contributed by atoms with Gasteiger partial charge in [-0.05, 0) is 35.2 Å². The fourth-order valence-electron chi connectivity index (χ4n) is 3.16. The largest absolute Gasteiger partial charge is 0.213 e. The first-order valence-corrected chi connectivity index (χ1v) is 7.50. The van der Waals surface area contributed by atoms with Crippen LogP contribution in [0.25, 0.3) is 22.4 Å². The molecule has 1 heteroatoms. The van der Waals surface area contributed by atoms with Gasteiger partial charge >= 0.3 is 0 Å². The number of aromatic nitrogens is 1. The highest BCUT2D eigenvalue weighted by Crippen LogP contribution is 2.30. The number of aryl methyl sites for hydroxylation is 3. The molecule has 0 bridgehead atoms. The van der Waals surface area contributed by atoms with Gasteiger partial charge < -0.3 is 0 Å². The summed E-state index contributed by atoms with van der Waals surface area (Å²) < 4.78 is 2.36. The molecule has 0 saturated heterocycles. The Bertz CT molecular complexity index is 803. The van der Waals surface area contributed by atoms with Crippen LogP contribution in [0.5, 0.6) is 0 Å². The van der Waals surface area contributed by atoms with Gasteiger partial charge in [-0.2, -0.15) is 4.57 Å². The van der Waals surface area contributed by atoms with E-state index in [4.69, 9.17) is 0 Å². The maximum absolute atomic E-state index is 2.36. The third-order valence-corrected chi connectivity index (χ3v) is 4.30. The summed E-state index contributed by atoms with van der Waals surface area (Å²) in [4.78, 5) is 0. The van der Waals surface area contributed by atoms with Crippen LogP contribution >= 0.6 is 0 Å². The van der Waals surface area contributed by atoms with E-state index in [9.17, 15) is 0 Å². The maximum Gasteiger partial charge on any atom is 0.213 e. The first-order valence-electron chi connectivity index (χ1n) is 7.50. The Morgan fingerprint density at radius 2 is 1.71 bits per heavy atom. The van der Waals surface area contributed by atoms with Crippen molar-refractivity contribution in [2.75, 3.05) is 0 Å². The molecule has 102 valence electrons. The molecule has 0 spiro atoms. The van der Waals surface area contributed by atoms with E-state index in [2.05, 4.69) is 78.4 Å². The van der Waals surface area contributed by atoms with Crippen molar-refractivity contribution in [1.82, 2.24) is 0 Å². The zero-order valence-electron chi connectivity index (χ0n) is 12.2. The number of rotatable bonds is 1. The standard InChI is InChI=1S/C20H18N/c1-15-9-11-21-12-10-18-14-17(16-5-3-2-4-6-16)7-8-19(18)20(21)13-15/h2-9,11,13-14H,10,12H2,1H3/q+1. The van der Waals surface area contributed by atoms with Crippen molar-refractivity contribution in [3.63, 3.8) is 0 Å².